The molecule has 1 aliphatic heterocycles. The van der Waals surface area contributed by atoms with Crippen LogP contribution >= 0.6 is 0 Å². The maximum absolute atomic E-state index is 12.9. The van der Waals surface area contributed by atoms with Crippen molar-refractivity contribution in [2.24, 2.45) is 11.3 Å². The summed E-state index contributed by atoms with van der Waals surface area (Å²) in [6.45, 7) is 6.14. The number of fused-ring (bicyclic) bond motifs is 1. The molecular weight excluding hydrogens is 272 g/mol. The lowest BCUT2D eigenvalue weighted by Crippen LogP contribution is -2.50. The maximum atomic E-state index is 12.9. The van der Waals surface area contributed by atoms with Crippen molar-refractivity contribution in [3.63, 3.8) is 0 Å². The number of nitrogens with one attached hydrogen (secondary N) is 2. The Balaban J connectivity index is 1.65. The fourth-order valence-corrected chi connectivity index (χ4v) is 4.28. The molecule has 1 unspecified atom stereocenters. The van der Waals surface area contributed by atoms with Gasteiger partial charge in [0.1, 0.15) is 0 Å². The van der Waals surface area contributed by atoms with Gasteiger partial charge in [-0.1, -0.05) is 37.1 Å². The van der Waals surface area contributed by atoms with Gasteiger partial charge in [0.05, 0.1) is 5.41 Å². The summed E-state index contributed by atoms with van der Waals surface area (Å²) in [6.07, 6.45) is 5.63. The van der Waals surface area contributed by atoms with E-state index in [-0.39, 0.29) is 17.4 Å². The third kappa shape index (κ3) is 2.91. The molecule has 0 bridgehead atoms. The van der Waals surface area contributed by atoms with Gasteiger partial charge in [0.25, 0.3) is 0 Å². The fourth-order valence-electron chi connectivity index (χ4n) is 4.28. The van der Waals surface area contributed by atoms with Gasteiger partial charge in [-0.2, -0.15) is 0 Å². The molecule has 1 aromatic rings. The molecular formula is C19H28N2O. The van der Waals surface area contributed by atoms with Gasteiger partial charge in [0.15, 0.2) is 0 Å². The van der Waals surface area contributed by atoms with Gasteiger partial charge < -0.3 is 10.6 Å². The third-order valence-corrected chi connectivity index (χ3v) is 5.66. The summed E-state index contributed by atoms with van der Waals surface area (Å²) in [4.78, 5) is 12.9. The minimum atomic E-state index is -0.141. The first-order valence-corrected chi connectivity index (χ1v) is 8.68. The number of hydrogen-bond donors (Lipinski definition) is 2. The molecule has 0 aromatic heterocycles. The van der Waals surface area contributed by atoms with Crippen LogP contribution in [0.2, 0.25) is 0 Å². The van der Waals surface area contributed by atoms with Crippen molar-refractivity contribution >= 4 is 5.91 Å². The summed E-state index contributed by atoms with van der Waals surface area (Å²) in [7, 11) is 0. The second-order valence-electron chi connectivity index (χ2n) is 7.23. The predicted molar refractivity (Wildman–Crippen MR) is 89.7 cm³/mol. The van der Waals surface area contributed by atoms with E-state index in [0.717, 1.165) is 25.9 Å². The molecule has 1 amide bonds. The number of carbonyl (C=O) groups excluding carboxylic acids is 1. The summed E-state index contributed by atoms with van der Waals surface area (Å²) in [5, 5.41) is 6.77. The molecule has 1 aromatic carbocycles. The summed E-state index contributed by atoms with van der Waals surface area (Å²) < 4.78 is 0. The molecule has 120 valence electrons. The molecule has 3 rings (SSSR count). The number of amides is 1. The Hall–Kier alpha value is -1.35. The zero-order valence-electron chi connectivity index (χ0n) is 13.8. The van der Waals surface area contributed by atoms with Crippen LogP contribution in [0.15, 0.2) is 24.3 Å². The van der Waals surface area contributed by atoms with Crippen LogP contribution in [0.25, 0.3) is 0 Å². The van der Waals surface area contributed by atoms with E-state index in [1.807, 2.05) is 0 Å². The van der Waals surface area contributed by atoms with Crippen molar-refractivity contribution < 1.29 is 4.79 Å². The Morgan fingerprint density at radius 3 is 3.05 bits per heavy atom. The topological polar surface area (TPSA) is 41.1 Å². The second-order valence-corrected chi connectivity index (χ2v) is 7.23. The molecule has 22 heavy (non-hydrogen) atoms. The molecule has 2 aliphatic rings. The second kappa shape index (κ2) is 6.41. The Kier molecular flexibility index (Phi) is 4.53. The van der Waals surface area contributed by atoms with Crippen LogP contribution in [0.5, 0.6) is 0 Å². The van der Waals surface area contributed by atoms with Gasteiger partial charge in [-0.25, -0.2) is 0 Å². The number of benzene rings is 1. The Bertz CT molecular complexity index is 542. The average Bonchev–Trinajstić information content (AvgIpc) is 2.94. The number of hydrogen-bond acceptors (Lipinski definition) is 2. The molecule has 1 saturated heterocycles. The molecule has 0 radical (unpaired) electrons. The zero-order chi connectivity index (χ0) is 15.6. The van der Waals surface area contributed by atoms with Crippen LogP contribution in [0.3, 0.4) is 0 Å². The largest absolute Gasteiger partial charge is 0.353 e. The summed E-state index contributed by atoms with van der Waals surface area (Å²) in [6, 6.07) is 8.63. The fraction of sp³-hybridized carbons (Fsp3) is 0.632. The lowest BCUT2D eigenvalue weighted by molar-refractivity contribution is -0.134. The van der Waals surface area contributed by atoms with Gasteiger partial charge >= 0.3 is 0 Å². The first kappa shape index (κ1) is 15.5. The lowest BCUT2D eigenvalue weighted by atomic mass is 9.67. The summed E-state index contributed by atoms with van der Waals surface area (Å²) >= 11 is 0. The molecule has 3 heteroatoms. The smallest absolute Gasteiger partial charge is 0.228 e. The average molecular weight is 300 g/mol. The molecule has 3 nitrogen and oxygen atoms in total. The van der Waals surface area contributed by atoms with Gasteiger partial charge in [0, 0.05) is 12.6 Å². The summed E-state index contributed by atoms with van der Waals surface area (Å²) in [5.74, 6) is 0.815. The Labute approximate surface area is 133 Å². The highest BCUT2D eigenvalue weighted by Gasteiger charge is 2.49. The van der Waals surface area contributed by atoms with E-state index in [0.29, 0.717) is 5.92 Å². The van der Waals surface area contributed by atoms with Crippen LogP contribution < -0.4 is 10.6 Å². The minimum Gasteiger partial charge on any atom is -0.353 e. The van der Waals surface area contributed by atoms with Crippen molar-refractivity contribution in [2.45, 2.75) is 52.0 Å². The zero-order valence-corrected chi connectivity index (χ0v) is 13.8. The maximum Gasteiger partial charge on any atom is 0.228 e. The highest BCUT2D eigenvalue weighted by molar-refractivity contribution is 5.84. The quantitative estimate of drug-likeness (QED) is 0.898. The van der Waals surface area contributed by atoms with E-state index >= 15 is 0 Å². The van der Waals surface area contributed by atoms with Gasteiger partial charge in [0.2, 0.25) is 5.91 Å². The first-order valence-electron chi connectivity index (χ1n) is 8.68. The van der Waals surface area contributed by atoms with Crippen LogP contribution in [0.1, 0.15) is 43.7 Å². The van der Waals surface area contributed by atoms with E-state index in [9.17, 15) is 4.79 Å². The van der Waals surface area contributed by atoms with E-state index in [1.54, 1.807) is 0 Å². The van der Waals surface area contributed by atoms with E-state index in [4.69, 9.17) is 0 Å². The first-order chi connectivity index (χ1) is 10.6. The Morgan fingerprint density at radius 1 is 1.41 bits per heavy atom. The molecule has 2 N–H and O–H groups in total. The van der Waals surface area contributed by atoms with Gasteiger partial charge in [-0.05, 0) is 56.7 Å². The number of rotatable bonds is 4. The standard InChI is InChI=1S/C19H28N2O/c1-14-7-3-4-8-16(14)11-15(2)21-18(22)19-10-6-5-9-17(19)12-20-13-19/h3-4,7-8,15,17,20H,5-6,9-13H2,1-2H3,(H,21,22)/t15?,17-,19+/m0/s1. The van der Waals surface area contributed by atoms with Gasteiger partial charge in [-0.3, -0.25) is 4.79 Å². The molecule has 1 saturated carbocycles. The van der Waals surface area contributed by atoms with Crippen molar-refractivity contribution in [2.75, 3.05) is 13.1 Å². The van der Waals surface area contributed by atoms with Crippen LogP contribution in [0, 0.1) is 18.3 Å². The normalized spacial score (nSPS) is 28.9. The van der Waals surface area contributed by atoms with Crippen molar-refractivity contribution in [3.8, 4) is 0 Å². The molecule has 3 atom stereocenters. The van der Waals surface area contributed by atoms with Crippen LogP contribution in [-0.4, -0.2) is 25.0 Å². The SMILES string of the molecule is Cc1ccccc1CC(C)NC(=O)[C@@]12CCCC[C@H]1CNC2. The van der Waals surface area contributed by atoms with E-state index in [1.165, 1.54) is 30.4 Å². The van der Waals surface area contributed by atoms with E-state index in [2.05, 4.69) is 48.7 Å². The van der Waals surface area contributed by atoms with Crippen LogP contribution in [0.4, 0.5) is 0 Å². The number of aryl methyl sites for hydroxylation is 1. The summed E-state index contributed by atoms with van der Waals surface area (Å²) in [5.41, 5.74) is 2.50. The highest BCUT2D eigenvalue weighted by atomic mass is 16.2. The van der Waals surface area contributed by atoms with Crippen LogP contribution in [-0.2, 0) is 11.2 Å². The van der Waals surface area contributed by atoms with E-state index < -0.39 is 0 Å². The van der Waals surface area contributed by atoms with Crippen molar-refractivity contribution in [1.82, 2.24) is 10.6 Å². The van der Waals surface area contributed by atoms with Gasteiger partial charge in [-0.15, -0.1) is 0 Å². The Morgan fingerprint density at radius 2 is 2.23 bits per heavy atom. The lowest BCUT2D eigenvalue weighted by Gasteiger charge is -2.38. The highest BCUT2D eigenvalue weighted by Crippen LogP contribution is 2.43. The van der Waals surface area contributed by atoms with Crippen molar-refractivity contribution in [3.05, 3.63) is 35.4 Å². The molecule has 1 heterocycles. The molecule has 0 spiro atoms. The number of carbonyl (C=O) groups is 1. The monoisotopic (exact) mass is 300 g/mol. The minimum absolute atomic E-state index is 0.141. The molecule has 1 aliphatic carbocycles. The van der Waals surface area contributed by atoms with Crippen molar-refractivity contribution in [1.29, 1.82) is 0 Å². The molecule has 2 fully saturated rings. The predicted octanol–water partition coefficient (Wildman–Crippen LogP) is 2.82. The third-order valence-electron chi connectivity index (χ3n) is 5.66.